The van der Waals surface area contributed by atoms with Crippen LogP contribution >= 0.6 is 11.6 Å². The normalized spacial score (nSPS) is 14.9. The maximum absolute atomic E-state index is 11.7. The minimum atomic E-state index is -0.750. The molecule has 0 atom stereocenters. The van der Waals surface area contributed by atoms with Gasteiger partial charge in [0.05, 0.1) is 11.5 Å². The maximum atomic E-state index is 11.7. The number of piperidine rings is 1. The predicted molar refractivity (Wildman–Crippen MR) is 99.1 cm³/mol. The lowest BCUT2D eigenvalue weighted by atomic mass is 9.96. The van der Waals surface area contributed by atoms with Crippen molar-refractivity contribution >= 4 is 29.2 Å². The molecule has 1 aliphatic heterocycles. The third-order valence-corrected chi connectivity index (χ3v) is 4.73. The molecule has 1 saturated heterocycles. The van der Waals surface area contributed by atoms with Crippen molar-refractivity contribution in [3.8, 4) is 11.5 Å². The van der Waals surface area contributed by atoms with E-state index < -0.39 is 11.9 Å². The molecular weight excluding hydrogens is 356 g/mol. The summed E-state index contributed by atoms with van der Waals surface area (Å²) in [7, 11) is 0. The third kappa shape index (κ3) is 4.08. The molecule has 6 nitrogen and oxygen atoms in total. The van der Waals surface area contributed by atoms with E-state index in [1.54, 1.807) is 42.5 Å². The standard InChI is InChI=1S/C19H19ClN2O4/c20-13-1-4-15(5-2-13)26-17-11-14(3-6-16(17)18(21)23)22-9-7-12(8-10-22)19(24)25/h1-6,11-12H,7-10H2,(H2,21,23)(H,24,25). The number of anilines is 1. The van der Waals surface area contributed by atoms with Crippen LogP contribution in [0, 0.1) is 5.92 Å². The number of aliphatic carboxylic acids is 1. The lowest BCUT2D eigenvalue weighted by Gasteiger charge is -2.32. The summed E-state index contributed by atoms with van der Waals surface area (Å²) in [6.45, 7) is 1.26. The molecule has 0 radical (unpaired) electrons. The fraction of sp³-hybridized carbons (Fsp3) is 0.263. The van der Waals surface area contributed by atoms with Gasteiger partial charge in [-0.1, -0.05) is 11.6 Å². The second-order valence-corrected chi connectivity index (χ2v) is 6.64. The van der Waals surface area contributed by atoms with E-state index in [1.807, 2.05) is 0 Å². The van der Waals surface area contributed by atoms with Gasteiger partial charge in [0.1, 0.15) is 11.5 Å². The van der Waals surface area contributed by atoms with Crippen LogP contribution in [-0.4, -0.2) is 30.1 Å². The van der Waals surface area contributed by atoms with E-state index in [9.17, 15) is 9.59 Å². The van der Waals surface area contributed by atoms with E-state index in [0.29, 0.717) is 42.5 Å². The van der Waals surface area contributed by atoms with Gasteiger partial charge in [-0.3, -0.25) is 9.59 Å². The molecule has 0 spiro atoms. The van der Waals surface area contributed by atoms with Gasteiger partial charge < -0.3 is 20.5 Å². The zero-order valence-electron chi connectivity index (χ0n) is 14.0. The van der Waals surface area contributed by atoms with Crippen molar-refractivity contribution in [3.05, 3.63) is 53.1 Å². The highest BCUT2D eigenvalue weighted by Gasteiger charge is 2.25. The van der Waals surface area contributed by atoms with E-state index in [-0.39, 0.29) is 11.5 Å². The van der Waals surface area contributed by atoms with Gasteiger partial charge in [0, 0.05) is 29.9 Å². The summed E-state index contributed by atoms with van der Waals surface area (Å²) < 4.78 is 5.84. The summed E-state index contributed by atoms with van der Waals surface area (Å²) in [6, 6.07) is 12.0. The molecule has 1 amide bonds. The molecule has 0 bridgehead atoms. The van der Waals surface area contributed by atoms with E-state index in [4.69, 9.17) is 27.2 Å². The van der Waals surface area contributed by atoms with Gasteiger partial charge in [-0.25, -0.2) is 0 Å². The van der Waals surface area contributed by atoms with Crippen LogP contribution in [-0.2, 0) is 4.79 Å². The molecule has 1 aliphatic rings. The number of halogens is 1. The van der Waals surface area contributed by atoms with Crippen molar-refractivity contribution in [2.45, 2.75) is 12.8 Å². The van der Waals surface area contributed by atoms with Crippen LogP contribution in [0.5, 0.6) is 11.5 Å². The van der Waals surface area contributed by atoms with Crippen LogP contribution in [0.1, 0.15) is 23.2 Å². The Labute approximate surface area is 156 Å². The number of carboxylic acids is 1. The lowest BCUT2D eigenvalue weighted by molar-refractivity contribution is -0.142. The molecule has 1 heterocycles. The molecule has 0 aromatic heterocycles. The maximum Gasteiger partial charge on any atom is 0.306 e. The first-order chi connectivity index (χ1) is 12.4. The highest BCUT2D eigenvalue weighted by Crippen LogP contribution is 2.32. The topological polar surface area (TPSA) is 92.9 Å². The minimum Gasteiger partial charge on any atom is -0.481 e. The Morgan fingerprint density at radius 2 is 1.77 bits per heavy atom. The van der Waals surface area contributed by atoms with Gasteiger partial charge in [0.25, 0.3) is 5.91 Å². The van der Waals surface area contributed by atoms with Gasteiger partial charge in [-0.2, -0.15) is 0 Å². The molecule has 2 aromatic rings. The minimum absolute atomic E-state index is 0.282. The fourth-order valence-electron chi connectivity index (χ4n) is 3.01. The van der Waals surface area contributed by atoms with Crippen LogP contribution in [0.3, 0.4) is 0 Å². The number of nitrogens with zero attached hydrogens (tertiary/aromatic N) is 1. The molecular formula is C19H19ClN2O4. The highest BCUT2D eigenvalue weighted by atomic mass is 35.5. The number of hydrogen-bond donors (Lipinski definition) is 2. The molecule has 136 valence electrons. The van der Waals surface area contributed by atoms with Crippen LogP contribution < -0.4 is 15.4 Å². The molecule has 7 heteroatoms. The van der Waals surface area contributed by atoms with E-state index >= 15 is 0 Å². The highest BCUT2D eigenvalue weighted by molar-refractivity contribution is 6.30. The number of amides is 1. The van der Waals surface area contributed by atoms with E-state index in [1.165, 1.54) is 0 Å². The van der Waals surface area contributed by atoms with Gasteiger partial charge >= 0.3 is 5.97 Å². The van der Waals surface area contributed by atoms with Gasteiger partial charge in [-0.15, -0.1) is 0 Å². The number of carbonyl (C=O) groups excluding carboxylic acids is 1. The van der Waals surface area contributed by atoms with Crippen molar-refractivity contribution < 1.29 is 19.4 Å². The fourth-order valence-corrected chi connectivity index (χ4v) is 3.14. The lowest BCUT2D eigenvalue weighted by Crippen LogP contribution is -2.36. The second kappa shape index (κ2) is 7.66. The molecule has 0 saturated carbocycles. The molecule has 2 aromatic carbocycles. The Morgan fingerprint density at radius 1 is 1.12 bits per heavy atom. The number of nitrogens with two attached hydrogens (primary N) is 1. The van der Waals surface area contributed by atoms with Crippen molar-refractivity contribution in [1.29, 1.82) is 0 Å². The average Bonchev–Trinajstić information content (AvgIpc) is 2.63. The average molecular weight is 375 g/mol. The van der Waals surface area contributed by atoms with Crippen molar-refractivity contribution in [2.75, 3.05) is 18.0 Å². The molecule has 3 rings (SSSR count). The number of carbonyl (C=O) groups is 2. The summed E-state index contributed by atoms with van der Waals surface area (Å²) >= 11 is 5.88. The Morgan fingerprint density at radius 3 is 2.35 bits per heavy atom. The Balaban J connectivity index is 1.83. The Bertz CT molecular complexity index is 815. The van der Waals surface area contributed by atoms with Crippen molar-refractivity contribution in [3.63, 3.8) is 0 Å². The number of rotatable bonds is 5. The summed E-state index contributed by atoms with van der Waals surface area (Å²) in [5, 5.41) is 9.71. The van der Waals surface area contributed by atoms with E-state index in [2.05, 4.69) is 4.90 Å². The van der Waals surface area contributed by atoms with Crippen LogP contribution in [0.2, 0.25) is 5.02 Å². The molecule has 1 fully saturated rings. The first-order valence-corrected chi connectivity index (χ1v) is 8.67. The molecule has 0 aliphatic carbocycles. The number of hydrogen-bond acceptors (Lipinski definition) is 4. The van der Waals surface area contributed by atoms with Gasteiger partial charge in [-0.05, 0) is 49.2 Å². The first-order valence-electron chi connectivity index (χ1n) is 8.29. The molecule has 3 N–H and O–H groups in total. The zero-order valence-corrected chi connectivity index (χ0v) is 14.8. The Kier molecular flexibility index (Phi) is 5.32. The number of ether oxygens (including phenoxy) is 1. The summed E-state index contributed by atoms with van der Waals surface area (Å²) in [5.74, 6) is -0.733. The SMILES string of the molecule is NC(=O)c1ccc(N2CCC(C(=O)O)CC2)cc1Oc1ccc(Cl)cc1. The number of benzene rings is 2. The van der Waals surface area contributed by atoms with Crippen LogP contribution in [0.15, 0.2) is 42.5 Å². The van der Waals surface area contributed by atoms with Gasteiger partial charge in [0.2, 0.25) is 0 Å². The molecule has 26 heavy (non-hydrogen) atoms. The van der Waals surface area contributed by atoms with Crippen molar-refractivity contribution in [2.24, 2.45) is 11.7 Å². The smallest absolute Gasteiger partial charge is 0.306 e. The largest absolute Gasteiger partial charge is 0.481 e. The predicted octanol–water partition coefficient (Wildman–Crippen LogP) is 3.53. The van der Waals surface area contributed by atoms with Crippen LogP contribution in [0.4, 0.5) is 5.69 Å². The number of carboxylic acid groups (broad SMARTS) is 1. The summed E-state index contributed by atoms with van der Waals surface area (Å²) in [5.41, 5.74) is 6.60. The molecule has 0 unspecified atom stereocenters. The third-order valence-electron chi connectivity index (χ3n) is 4.48. The van der Waals surface area contributed by atoms with Crippen LogP contribution in [0.25, 0.3) is 0 Å². The monoisotopic (exact) mass is 374 g/mol. The second-order valence-electron chi connectivity index (χ2n) is 6.20. The number of primary amides is 1. The van der Waals surface area contributed by atoms with Gasteiger partial charge in [0.15, 0.2) is 0 Å². The summed E-state index contributed by atoms with van der Waals surface area (Å²) in [4.78, 5) is 24.9. The zero-order chi connectivity index (χ0) is 18.7. The Hall–Kier alpha value is -2.73. The quantitative estimate of drug-likeness (QED) is 0.835. The first kappa shape index (κ1) is 18.1. The van der Waals surface area contributed by atoms with Crippen molar-refractivity contribution in [1.82, 2.24) is 0 Å². The summed E-state index contributed by atoms with van der Waals surface area (Å²) in [6.07, 6.45) is 1.17. The van der Waals surface area contributed by atoms with E-state index in [0.717, 1.165) is 5.69 Å².